The molecule has 3 aliphatic rings. The first-order chi connectivity index (χ1) is 15.5. The molecule has 5 rings (SSSR count). The molecule has 2 fully saturated rings. The second-order valence-corrected chi connectivity index (χ2v) is 8.84. The fourth-order valence-electron chi connectivity index (χ4n) is 4.55. The highest BCUT2D eigenvalue weighted by molar-refractivity contribution is 5.95. The molecule has 2 amide bonds. The Labute approximate surface area is 186 Å². The van der Waals surface area contributed by atoms with Crippen LogP contribution in [-0.2, 0) is 17.8 Å². The molecule has 1 unspecified atom stereocenters. The van der Waals surface area contributed by atoms with Gasteiger partial charge in [0.25, 0.3) is 11.8 Å². The fourth-order valence-corrected chi connectivity index (χ4v) is 4.55. The predicted octanol–water partition coefficient (Wildman–Crippen LogP) is 1.84. The van der Waals surface area contributed by atoms with E-state index in [-0.39, 0.29) is 23.3 Å². The minimum Gasteiger partial charge on any atom is -0.383 e. The molecule has 2 aromatic rings. The number of pyridine rings is 1. The van der Waals surface area contributed by atoms with Crippen molar-refractivity contribution in [1.82, 2.24) is 14.8 Å². The van der Waals surface area contributed by atoms with Gasteiger partial charge in [0, 0.05) is 44.6 Å². The van der Waals surface area contributed by atoms with Gasteiger partial charge >= 0.3 is 0 Å². The van der Waals surface area contributed by atoms with Gasteiger partial charge in [-0.1, -0.05) is 6.07 Å². The molecule has 1 saturated carbocycles. The minimum absolute atomic E-state index is 0.0436. The molecule has 0 radical (unpaired) electrons. The van der Waals surface area contributed by atoms with Crippen molar-refractivity contribution in [2.75, 3.05) is 37.6 Å². The standard InChI is InChI=1S/C24H27FN4O3/c25-20-14-18(29-9-7-16-2-1-8-26-21(16)15-29)5-6-19(20)23(31)27-10-12-28(13-11-27)24(32)22(30)17-3-4-17/h1-2,5-6,8,14,17,22,30H,3-4,7,9-13,15H2. The van der Waals surface area contributed by atoms with Crippen LogP contribution in [0.15, 0.2) is 36.5 Å². The number of carbonyl (C=O) groups excluding carboxylic acids is 2. The van der Waals surface area contributed by atoms with Crippen LogP contribution in [0.4, 0.5) is 10.1 Å². The van der Waals surface area contributed by atoms with Crippen molar-refractivity contribution in [2.45, 2.75) is 31.9 Å². The summed E-state index contributed by atoms with van der Waals surface area (Å²) in [4.78, 5) is 34.9. The average Bonchev–Trinajstić information content (AvgIpc) is 3.68. The van der Waals surface area contributed by atoms with Crippen LogP contribution >= 0.6 is 0 Å². The summed E-state index contributed by atoms with van der Waals surface area (Å²) in [6.07, 6.45) is 3.47. The number of aliphatic hydroxyl groups excluding tert-OH is 1. The molecule has 0 bridgehead atoms. The number of nitrogens with zero attached hydrogens (tertiary/aromatic N) is 4. The second kappa shape index (κ2) is 8.50. The lowest BCUT2D eigenvalue weighted by Crippen LogP contribution is -2.53. The normalized spacial score (nSPS) is 19.5. The maximum atomic E-state index is 14.9. The summed E-state index contributed by atoms with van der Waals surface area (Å²) in [5.74, 6) is -1.08. The van der Waals surface area contributed by atoms with Crippen molar-refractivity contribution in [3.8, 4) is 0 Å². The van der Waals surface area contributed by atoms with Crippen molar-refractivity contribution >= 4 is 17.5 Å². The quantitative estimate of drug-likeness (QED) is 0.788. The third-order valence-corrected chi connectivity index (χ3v) is 6.72. The molecule has 8 heteroatoms. The highest BCUT2D eigenvalue weighted by atomic mass is 19.1. The van der Waals surface area contributed by atoms with Gasteiger partial charge in [-0.15, -0.1) is 0 Å². The summed E-state index contributed by atoms with van der Waals surface area (Å²) in [5.41, 5.74) is 3.00. The summed E-state index contributed by atoms with van der Waals surface area (Å²) in [5, 5.41) is 10.1. The molecule has 7 nitrogen and oxygen atoms in total. The number of amides is 2. The number of rotatable bonds is 4. The molecule has 1 N–H and O–H groups in total. The maximum absolute atomic E-state index is 14.9. The van der Waals surface area contributed by atoms with Gasteiger partial charge in [-0.2, -0.15) is 0 Å². The van der Waals surface area contributed by atoms with E-state index in [1.54, 1.807) is 28.1 Å². The van der Waals surface area contributed by atoms with Crippen LogP contribution in [0.3, 0.4) is 0 Å². The van der Waals surface area contributed by atoms with Crippen LogP contribution < -0.4 is 4.90 Å². The summed E-state index contributed by atoms with van der Waals surface area (Å²) >= 11 is 0. The number of carbonyl (C=O) groups is 2. The van der Waals surface area contributed by atoms with Gasteiger partial charge in [0.15, 0.2) is 0 Å². The Morgan fingerprint density at radius 2 is 1.81 bits per heavy atom. The zero-order valence-electron chi connectivity index (χ0n) is 17.9. The average molecular weight is 439 g/mol. The molecular weight excluding hydrogens is 411 g/mol. The highest BCUT2D eigenvalue weighted by Gasteiger charge is 2.38. The zero-order chi connectivity index (χ0) is 22.2. The van der Waals surface area contributed by atoms with Crippen molar-refractivity contribution in [2.24, 2.45) is 5.92 Å². The van der Waals surface area contributed by atoms with Gasteiger partial charge in [0.1, 0.15) is 11.9 Å². The maximum Gasteiger partial charge on any atom is 0.256 e. The molecule has 1 aromatic heterocycles. The number of benzene rings is 1. The van der Waals surface area contributed by atoms with E-state index < -0.39 is 11.9 Å². The number of anilines is 1. The Balaban J connectivity index is 1.22. The van der Waals surface area contributed by atoms with Crippen molar-refractivity contribution in [3.05, 3.63) is 59.2 Å². The smallest absolute Gasteiger partial charge is 0.256 e. The molecular formula is C24H27FN4O3. The summed E-state index contributed by atoms with van der Waals surface area (Å²) in [6.45, 7) is 2.76. The molecule has 1 saturated heterocycles. The molecule has 1 aliphatic carbocycles. The number of halogens is 1. The van der Waals surface area contributed by atoms with E-state index in [0.717, 1.165) is 37.2 Å². The van der Waals surface area contributed by atoms with Gasteiger partial charge in [-0.3, -0.25) is 14.6 Å². The van der Waals surface area contributed by atoms with Gasteiger partial charge in [-0.25, -0.2) is 4.39 Å². The first-order valence-electron chi connectivity index (χ1n) is 11.2. The van der Waals surface area contributed by atoms with Crippen molar-refractivity contribution in [1.29, 1.82) is 0 Å². The first kappa shape index (κ1) is 20.9. The Morgan fingerprint density at radius 3 is 2.53 bits per heavy atom. The molecule has 0 spiro atoms. The van der Waals surface area contributed by atoms with Gasteiger partial charge < -0.3 is 19.8 Å². The Kier molecular flexibility index (Phi) is 5.55. The van der Waals surface area contributed by atoms with E-state index in [2.05, 4.69) is 16.0 Å². The number of hydrogen-bond acceptors (Lipinski definition) is 5. The second-order valence-electron chi connectivity index (χ2n) is 8.84. The van der Waals surface area contributed by atoms with E-state index in [9.17, 15) is 19.1 Å². The minimum atomic E-state index is -0.931. The van der Waals surface area contributed by atoms with E-state index in [4.69, 9.17) is 0 Å². The third-order valence-electron chi connectivity index (χ3n) is 6.72. The summed E-state index contributed by atoms with van der Waals surface area (Å²) in [7, 11) is 0. The number of aromatic nitrogens is 1. The van der Waals surface area contributed by atoms with Crippen LogP contribution in [0.5, 0.6) is 0 Å². The lowest BCUT2D eigenvalue weighted by molar-refractivity contribution is -0.142. The third kappa shape index (κ3) is 4.07. The van der Waals surface area contributed by atoms with Crippen LogP contribution in [0.25, 0.3) is 0 Å². The summed E-state index contributed by atoms with van der Waals surface area (Å²) in [6, 6.07) is 8.76. The lowest BCUT2D eigenvalue weighted by Gasteiger charge is -2.36. The van der Waals surface area contributed by atoms with Crippen LogP contribution in [0.2, 0.25) is 0 Å². The monoisotopic (exact) mass is 438 g/mol. The summed E-state index contributed by atoms with van der Waals surface area (Å²) < 4.78 is 14.9. The number of hydrogen-bond donors (Lipinski definition) is 1. The van der Waals surface area contributed by atoms with Gasteiger partial charge in [0.2, 0.25) is 0 Å². The van der Waals surface area contributed by atoms with E-state index in [1.165, 1.54) is 11.6 Å². The van der Waals surface area contributed by atoms with E-state index >= 15 is 0 Å². The molecule has 1 atom stereocenters. The van der Waals surface area contributed by atoms with Gasteiger partial charge in [0.05, 0.1) is 17.8 Å². The van der Waals surface area contributed by atoms with Crippen LogP contribution in [-0.4, -0.2) is 70.5 Å². The largest absolute Gasteiger partial charge is 0.383 e. The molecule has 3 heterocycles. The SMILES string of the molecule is O=C(c1ccc(N2CCc3cccnc3C2)cc1F)N1CCN(C(=O)C(O)C2CC2)CC1. The first-order valence-corrected chi connectivity index (χ1v) is 11.2. The van der Waals surface area contributed by atoms with Crippen molar-refractivity contribution in [3.63, 3.8) is 0 Å². The number of piperazine rings is 1. The Morgan fingerprint density at radius 1 is 1.06 bits per heavy atom. The highest BCUT2D eigenvalue weighted by Crippen LogP contribution is 2.33. The number of aliphatic hydroxyl groups is 1. The predicted molar refractivity (Wildman–Crippen MR) is 117 cm³/mol. The topological polar surface area (TPSA) is 77.0 Å². The Hall–Kier alpha value is -3.00. The number of fused-ring (bicyclic) bond motifs is 1. The van der Waals surface area contributed by atoms with Crippen molar-refractivity contribution < 1.29 is 19.1 Å². The molecule has 168 valence electrons. The van der Waals surface area contributed by atoms with E-state index in [0.29, 0.717) is 32.7 Å². The Bertz CT molecular complexity index is 1030. The van der Waals surface area contributed by atoms with Gasteiger partial charge in [-0.05, 0) is 55.0 Å². The van der Waals surface area contributed by atoms with E-state index in [1.807, 2.05) is 6.07 Å². The molecule has 32 heavy (non-hydrogen) atoms. The van der Waals surface area contributed by atoms with Crippen LogP contribution in [0, 0.1) is 11.7 Å². The molecule has 2 aliphatic heterocycles. The fraction of sp³-hybridized carbons (Fsp3) is 0.458. The zero-order valence-corrected chi connectivity index (χ0v) is 17.9. The molecule has 1 aromatic carbocycles. The lowest BCUT2D eigenvalue weighted by atomic mass is 10.0. The van der Waals surface area contributed by atoms with Crippen LogP contribution in [0.1, 0.15) is 34.5 Å².